The van der Waals surface area contributed by atoms with E-state index in [9.17, 15) is 9.90 Å². The second kappa shape index (κ2) is 6.90. The topological polar surface area (TPSA) is 52.3 Å². The van der Waals surface area contributed by atoms with E-state index in [-0.39, 0.29) is 0 Å². The Bertz CT molecular complexity index is 909. The van der Waals surface area contributed by atoms with E-state index in [4.69, 9.17) is 0 Å². The van der Waals surface area contributed by atoms with Gasteiger partial charge in [0.15, 0.2) is 0 Å². The zero-order valence-electron chi connectivity index (χ0n) is 19.4. The van der Waals surface area contributed by atoms with Gasteiger partial charge in [-0.05, 0) is 79.6 Å². The Labute approximate surface area is 192 Å². The number of carbonyl (C=O) groups excluding carboxylic acids is 1. The number of benzene rings is 1. The molecule has 3 heterocycles. The first-order valence-electron chi connectivity index (χ1n) is 13.3. The van der Waals surface area contributed by atoms with Crippen molar-refractivity contribution in [1.82, 2.24) is 10.2 Å². The maximum Gasteiger partial charge on any atom is 0.150 e. The lowest BCUT2D eigenvalue weighted by atomic mass is 9.60. The fourth-order valence-corrected chi connectivity index (χ4v) is 9.76. The molecule has 6 aliphatic rings. The van der Waals surface area contributed by atoms with E-state index < -0.39 is 5.72 Å². The second-order valence-electron chi connectivity index (χ2n) is 12.4. The summed E-state index contributed by atoms with van der Waals surface area (Å²) in [5.74, 6) is 2.95. The van der Waals surface area contributed by atoms with Crippen LogP contribution in [-0.4, -0.2) is 46.7 Å². The first-order valence-corrected chi connectivity index (χ1v) is 13.3. The molecule has 172 valence electrons. The maximum absolute atomic E-state index is 11.8. The zero-order chi connectivity index (χ0) is 21.7. The number of nitrogens with one attached hydrogen (secondary N) is 1. The minimum atomic E-state index is -0.586. The van der Waals surface area contributed by atoms with Crippen LogP contribution in [0.25, 0.3) is 0 Å². The van der Waals surface area contributed by atoms with E-state index in [1.54, 1.807) is 0 Å². The van der Waals surface area contributed by atoms with Crippen molar-refractivity contribution in [2.75, 3.05) is 6.54 Å². The average Bonchev–Trinajstić information content (AvgIpc) is 3.14. The molecule has 0 aromatic heterocycles. The van der Waals surface area contributed by atoms with Crippen LogP contribution >= 0.6 is 0 Å². The van der Waals surface area contributed by atoms with Gasteiger partial charge in [-0.1, -0.05) is 44.0 Å². The lowest BCUT2D eigenvalue weighted by molar-refractivity contribution is -0.0315. The van der Waals surface area contributed by atoms with Crippen molar-refractivity contribution in [3.8, 4) is 0 Å². The summed E-state index contributed by atoms with van der Waals surface area (Å²) in [6.07, 6.45) is 13.5. The molecule has 4 heteroatoms. The maximum atomic E-state index is 11.8. The van der Waals surface area contributed by atoms with E-state index in [1.165, 1.54) is 63.4 Å². The molecule has 4 nitrogen and oxygen atoms in total. The predicted molar refractivity (Wildman–Crippen MR) is 124 cm³/mol. The first kappa shape index (κ1) is 20.2. The molecule has 3 aliphatic carbocycles. The van der Waals surface area contributed by atoms with Gasteiger partial charge >= 0.3 is 0 Å². The molecular formula is C28H38N2O2. The summed E-state index contributed by atoms with van der Waals surface area (Å²) in [5.41, 5.74) is 2.03. The van der Waals surface area contributed by atoms with Crippen molar-refractivity contribution in [1.29, 1.82) is 0 Å². The van der Waals surface area contributed by atoms with E-state index in [0.29, 0.717) is 41.3 Å². The molecule has 0 amide bonds. The van der Waals surface area contributed by atoms with Gasteiger partial charge in [0, 0.05) is 36.2 Å². The van der Waals surface area contributed by atoms with Crippen LogP contribution in [0.2, 0.25) is 0 Å². The van der Waals surface area contributed by atoms with Crippen molar-refractivity contribution in [3.05, 3.63) is 35.4 Å². The van der Waals surface area contributed by atoms with E-state index >= 15 is 0 Å². The van der Waals surface area contributed by atoms with Crippen LogP contribution in [-0.2, 0) is 0 Å². The number of hydrogen-bond acceptors (Lipinski definition) is 4. The highest BCUT2D eigenvalue weighted by atomic mass is 16.3. The van der Waals surface area contributed by atoms with Gasteiger partial charge in [-0.15, -0.1) is 0 Å². The van der Waals surface area contributed by atoms with Gasteiger partial charge in [0.1, 0.15) is 12.0 Å². The Hall–Kier alpha value is -1.23. The normalized spacial score (nSPS) is 48.6. The van der Waals surface area contributed by atoms with Gasteiger partial charge in [0.2, 0.25) is 0 Å². The molecule has 3 saturated heterocycles. The minimum absolute atomic E-state index is 0.375. The molecule has 2 N–H and O–H groups in total. The third-order valence-corrected chi connectivity index (χ3v) is 11.2. The Balaban J connectivity index is 1.17. The van der Waals surface area contributed by atoms with Gasteiger partial charge in [-0.2, -0.15) is 0 Å². The molecule has 1 unspecified atom stereocenters. The van der Waals surface area contributed by atoms with Crippen molar-refractivity contribution < 1.29 is 9.90 Å². The van der Waals surface area contributed by atoms with Crippen LogP contribution in [0.5, 0.6) is 0 Å². The summed E-state index contributed by atoms with van der Waals surface area (Å²) in [4.78, 5) is 13.5. The van der Waals surface area contributed by atoms with E-state index in [1.807, 2.05) is 12.1 Å². The summed E-state index contributed by atoms with van der Waals surface area (Å²) in [6.45, 7) is 3.18. The van der Waals surface area contributed by atoms with E-state index in [2.05, 4.69) is 29.3 Å². The number of nitrogens with zero attached hydrogens (tertiary/aromatic N) is 1. The molecule has 6 fully saturated rings. The number of hydrogen-bond donors (Lipinski definition) is 2. The quantitative estimate of drug-likeness (QED) is 0.549. The van der Waals surface area contributed by atoms with Crippen LogP contribution in [0.3, 0.4) is 0 Å². The monoisotopic (exact) mass is 434 g/mol. The highest BCUT2D eigenvalue weighted by molar-refractivity contribution is 5.74. The third-order valence-electron chi connectivity index (χ3n) is 11.2. The highest BCUT2D eigenvalue weighted by Crippen LogP contribution is 2.64. The molecule has 3 saturated carbocycles. The van der Waals surface area contributed by atoms with Gasteiger partial charge in [0.25, 0.3) is 0 Å². The lowest BCUT2D eigenvalue weighted by Gasteiger charge is -2.52. The number of piperidine rings is 2. The standard InChI is InChI=1S/C28H38N2O2/c1-17(19-6-4-18(15-31)5-7-19)25-22-9-8-20-14-21-10-13-27(11-2-3-12-27)26(21)29-24(20)23(22)28(32)16-30(25)28/h4-7,15,17,20-26,29,32H,2-3,8-14,16H2,1H3/t17-,20+,21-,22-,23-,24-,25+,26+,28-,30?/m1/s1. The third kappa shape index (κ3) is 2.63. The number of aldehydes is 1. The minimum Gasteiger partial charge on any atom is -0.374 e. The van der Waals surface area contributed by atoms with Crippen LogP contribution in [0.15, 0.2) is 24.3 Å². The fraction of sp³-hybridized carbons (Fsp3) is 0.750. The molecule has 1 aromatic rings. The Morgan fingerprint density at radius 2 is 1.88 bits per heavy atom. The van der Waals surface area contributed by atoms with Crippen molar-refractivity contribution in [2.45, 2.75) is 94.5 Å². The summed E-state index contributed by atoms with van der Waals surface area (Å²) in [6, 6.07) is 9.75. The predicted octanol–water partition coefficient (Wildman–Crippen LogP) is 4.33. The van der Waals surface area contributed by atoms with Crippen molar-refractivity contribution in [3.63, 3.8) is 0 Å². The molecule has 1 spiro atoms. The number of aliphatic hydroxyl groups is 1. The van der Waals surface area contributed by atoms with Crippen LogP contribution in [0.1, 0.15) is 86.6 Å². The van der Waals surface area contributed by atoms with E-state index in [0.717, 1.165) is 30.2 Å². The molecule has 10 atom stereocenters. The summed E-state index contributed by atoms with van der Waals surface area (Å²) < 4.78 is 0. The Morgan fingerprint density at radius 1 is 1.09 bits per heavy atom. The van der Waals surface area contributed by atoms with Gasteiger partial charge in [0.05, 0.1) is 0 Å². The summed E-state index contributed by atoms with van der Waals surface area (Å²) in [7, 11) is 0. The summed E-state index contributed by atoms with van der Waals surface area (Å²) in [5, 5.41) is 16.1. The van der Waals surface area contributed by atoms with Crippen LogP contribution < -0.4 is 5.32 Å². The van der Waals surface area contributed by atoms with Crippen LogP contribution in [0, 0.1) is 29.1 Å². The molecular weight excluding hydrogens is 396 g/mol. The SMILES string of the molecule is C[C@H](c1ccc(C=O)cc1)[C@H]1[C@@H]2CC[C@H]3C[C@H]4CCC5(CCCC5)[C@H]4N[C@H]3[C@@H]2[C@]2(O)CN12. The summed E-state index contributed by atoms with van der Waals surface area (Å²) >= 11 is 0. The first-order chi connectivity index (χ1) is 15.5. The zero-order valence-corrected chi connectivity index (χ0v) is 19.4. The molecule has 0 bridgehead atoms. The van der Waals surface area contributed by atoms with Gasteiger partial charge in [-0.25, -0.2) is 0 Å². The largest absolute Gasteiger partial charge is 0.374 e. The number of carbonyl (C=O) groups is 1. The fourth-order valence-electron chi connectivity index (χ4n) is 9.76. The molecule has 32 heavy (non-hydrogen) atoms. The highest BCUT2D eigenvalue weighted by Gasteiger charge is 2.73. The average molecular weight is 435 g/mol. The molecule has 3 aliphatic heterocycles. The van der Waals surface area contributed by atoms with Crippen molar-refractivity contribution >= 4 is 6.29 Å². The number of rotatable bonds is 3. The molecule has 1 aromatic carbocycles. The Kier molecular flexibility index (Phi) is 4.35. The Morgan fingerprint density at radius 3 is 2.62 bits per heavy atom. The van der Waals surface area contributed by atoms with Gasteiger partial charge < -0.3 is 10.4 Å². The molecule has 7 rings (SSSR count). The smallest absolute Gasteiger partial charge is 0.150 e. The second-order valence-corrected chi connectivity index (χ2v) is 12.4. The molecule has 0 radical (unpaired) electrons. The number of fused-ring (bicyclic) bond motifs is 7. The van der Waals surface area contributed by atoms with Crippen LogP contribution in [0.4, 0.5) is 0 Å². The lowest BCUT2D eigenvalue weighted by Crippen LogP contribution is -2.62. The van der Waals surface area contributed by atoms with Gasteiger partial charge in [-0.3, -0.25) is 9.69 Å². The van der Waals surface area contributed by atoms with Crippen molar-refractivity contribution in [2.24, 2.45) is 29.1 Å².